The highest BCUT2D eigenvalue weighted by Gasteiger charge is 2.41. The lowest BCUT2D eigenvalue weighted by Crippen LogP contribution is -2.33. The Bertz CT molecular complexity index is 2430. The van der Waals surface area contributed by atoms with E-state index in [1.807, 2.05) is 4.98 Å². The van der Waals surface area contributed by atoms with Gasteiger partial charge in [-0.05, 0) is 49.6 Å². The number of hydrogen-bond donors (Lipinski definition) is 1. The zero-order valence-corrected chi connectivity index (χ0v) is 33.7. The summed E-state index contributed by atoms with van der Waals surface area (Å²) in [5, 5.41) is -0.481. The standard InChI is InChI=1S/C25H28Cl2N3O20P5/c1-12-10-30(24(33)29-23(12)32)19-7-5-14(45-19)11-44-51(34,35)47-53(38,39)49-55(42,43)50-54(40,41)48-52(36,37)46-13-4-6-17-15(8-13)25(2,3)20-18(28-17)9-16(26)22(31)21(20)27/h4,6,8-10,14,19H,5,7,11H2,1-3H3,(H,34,35)(H,36,37)(H,38,39)(H,40,41)(H,42,43)(H,29,32,33)/p-5/t14-,19+/m0/s1. The zero-order chi connectivity index (χ0) is 41.1. The van der Waals surface area contributed by atoms with Crippen LogP contribution in [0.25, 0.3) is 0 Å². The van der Waals surface area contributed by atoms with E-state index in [1.54, 1.807) is 13.8 Å². The molecule has 0 amide bonds. The van der Waals surface area contributed by atoms with Crippen LogP contribution in [0.5, 0.6) is 5.75 Å². The minimum absolute atomic E-state index is 0.0409. The topological polar surface area (TPSA) is 350 Å². The number of ether oxygens (including phenoxy) is 1. The fraction of sp³-hybridized carbons (Fsp3) is 0.360. The summed E-state index contributed by atoms with van der Waals surface area (Å²) >= 11 is 12.2. The summed E-state index contributed by atoms with van der Waals surface area (Å²) < 4.78 is 90.7. The van der Waals surface area contributed by atoms with E-state index in [1.165, 1.54) is 25.3 Å². The van der Waals surface area contributed by atoms with Crippen LogP contribution in [0.2, 0.25) is 0 Å². The molecule has 1 aromatic heterocycles. The lowest BCUT2D eigenvalue weighted by atomic mass is 9.71. The summed E-state index contributed by atoms with van der Waals surface area (Å²) in [5.41, 5.74) is -1.60. The molecule has 5 rings (SSSR count). The van der Waals surface area contributed by atoms with E-state index in [0.717, 1.165) is 16.7 Å². The van der Waals surface area contributed by atoms with E-state index in [2.05, 4.69) is 31.3 Å². The van der Waals surface area contributed by atoms with Crippen LogP contribution in [0.3, 0.4) is 0 Å². The third-order valence-corrected chi connectivity index (χ3v) is 15.6. The Kier molecular flexibility index (Phi) is 12.4. The van der Waals surface area contributed by atoms with Gasteiger partial charge in [-0.15, -0.1) is 0 Å². The second-order valence-corrected chi connectivity index (χ2v) is 20.3. The molecule has 30 heteroatoms. The molecule has 1 N–H and O–H groups in total. The van der Waals surface area contributed by atoms with Gasteiger partial charge >= 0.3 is 13.5 Å². The predicted molar refractivity (Wildman–Crippen MR) is 177 cm³/mol. The number of Topliss-reactive ketones (excluding diaryl/α,β-unsaturated/α-hetero) is 1. The molecule has 55 heavy (non-hydrogen) atoms. The summed E-state index contributed by atoms with van der Waals surface area (Å²) in [5.74, 6) is -1.33. The second-order valence-electron chi connectivity index (χ2n) is 12.0. The average molecular weight is 911 g/mol. The van der Waals surface area contributed by atoms with Gasteiger partial charge in [-0.3, -0.25) is 42.0 Å². The van der Waals surface area contributed by atoms with Gasteiger partial charge in [-0.1, -0.05) is 37.0 Å². The maximum absolute atomic E-state index is 12.5. The molecule has 1 aromatic carbocycles. The van der Waals surface area contributed by atoms with Crippen molar-refractivity contribution in [3.8, 4) is 5.75 Å². The van der Waals surface area contributed by atoms with Gasteiger partial charge in [0.05, 0.1) is 34.2 Å². The smallest absolute Gasteiger partial charge is 0.330 e. The number of fused-ring (bicyclic) bond motifs is 2. The summed E-state index contributed by atoms with van der Waals surface area (Å²) in [4.78, 5) is 103. The first-order chi connectivity index (χ1) is 25.1. The highest BCUT2D eigenvalue weighted by molar-refractivity contribution is 7.70. The number of phosphoric acid groups is 5. The molecule has 2 aromatic rings. The monoisotopic (exact) mass is 910 g/mol. The number of phosphoric ester groups is 2. The van der Waals surface area contributed by atoms with Gasteiger partial charge in [-0.2, -0.15) is 0 Å². The average Bonchev–Trinajstić information content (AvgIpc) is 3.47. The van der Waals surface area contributed by atoms with Crippen molar-refractivity contribution in [2.45, 2.75) is 51.4 Å². The lowest BCUT2D eigenvalue weighted by molar-refractivity contribution is -0.255. The lowest BCUT2D eigenvalue weighted by Gasteiger charge is -2.38. The number of hydrogen-bond acceptors (Lipinski definition) is 21. The van der Waals surface area contributed by atoms with Crippen LogP contribution in [-0.2, 0) is 59.5 Å². The predicted octanol–water partition coefficient (Wildman–Crippen LogP) is 1.59. The number of nitrogens with zero attached hydrogens (tertiary/aromatic N) is 2. The van der Waals surface area contributed by atoms with E-state index in [9.17, 15) is 61.7 Å². The SMILES string of the molecule is Cc1cn([C@H]2CC[C@@H](COP(=O)([O-])OP(=O)([O-])OP(=O)([O-])OP(=O)([O-])OP(=O)([O-])Oc3ccc4c(c3)C(C)(C)C3=C(Cl)C(=O)C(Cl)=CC3=N4)O2)c(=O)[nH]c1=O. The van der Waals surface area contributed by atoms with Crippen molar-refractivity contribution in [1.29, 1.82) is 0 Å². The number of aromatic nitrogens is 2. The summed E-state index contributed by atoms with van der Waals surface area (Å²) in [6.45, 7) is 3.63. The van der Waals surface area contributed by atoms with Crippen LogP contribution in [0.1, 0.15) is 44.0 Å². The molecule has 7 atom stereocenters. The van der Waals surface area contributed by atoms with Crippen molar-refractivity contribution in [1.82, 2.24) is 9.55 Å². The summed E-state index contributed by atoms with van der Waals surface area (Å²) in [7, 11) is -32.3. The number of allylic oxidation sites excluding steroid dienone is 4. The van der Waals surface area contributed by atoms with Crippen molar-refractivity contribution < 1.29 is 83.1 Å². The quantitative estimate of drug-likeness (QED) is 0.208. The van der Waals surface area contributed by atoms with Crippen LogP contribution >= 0.6 is 62.3 Å². The van der Waals surface area contributed by atoms with Crippen molar-refractivity contribution in [3.05, 3.63) is 78.1 Å². The van der Waals surface area contributed by atoms with E-state index in [4.69, 9.17) is 27.9 Å². The number of benzene rings is 1. The molecule has 0 saturated carbocycles. The Balaban J connectivity index is 1.18. The van der Waals surface area contributed by atoms with Gasteiger partial charge in [0.25, 0.3) is 36.9 Å². The number of halogens is 2. The number of ketones is 1. The molecule has 23 nitrogen and oxygen atoms in total. The first-order valence-electron chi connectivity index (χ1n) is 14.9. The molecule has 1 aliphatic carbocycles. The van der Waals surface area contributed by atoms with Crippen LogP contribution in [0.15, 0.2) is 60.7 Å². The number of aromatic amines is 1. The normalized spacial score (nSPS) is 24.9. The van der Waals surface area contributed by atoms with Gasteiger partial charge in [0.1, 0.15) is 12.0 Å². The summed E-state index contributed by atoms with van der Waals surface area (Å²) in [6.07, 6.45) is 0.519. The Morgan fingerprint density at radius 1 is 0.909 bits per heavy atom. The maximum atomic E-state index is 12.5. The van der Waals surface area contributed by atoms with Crippen molar-refractivity contribution >= 4 is 79.5 Å². The Hall–Kier alpha value is -2.19. The van der Waals surface area contributed by atoms with E-state index >= 15 is 0 Å². The number of nitrogens with one attached hydrogen (secondary N) is 1. The number of carbonyl (C=O) groups excluding carboxylic acids is 1. The van der Waals surface area contributed by atoms with Gasteiger partial charge in [0.15, 0.2) is 0 Å². The number of H-pyrrole nitrogens is 1. The number of rotatable bonds is 14. The highest BCUT2D eigenvalue weighted by atomic mass is 35.5. The highest BCUT2D eigenvalue weighted by Crippen LogP contribution is 2.69. The molecule has 3 heterocycles. The van der Waals surface area contributed by atoms with Crippen LogP contribution in [0, 0.1) is 6.92 Å². The fourth-order valence-corrected chi connectivity index (χ4v) is 12.2. The molecule has 1 saturated heterocycles. The van der Waals surface area contributed by atoms with E-state index < -0.39 is 86.2 Å². The van der Waals surface area contributed by atoms with Crippen molar-refractivity contribution in [2.75, 3.05) is 6.61 Å². The fourth-order valence-electron chi connectivity index (χ4n) is 5.40. The third-order valence-electron chi connectivity index (χ3n) is 7.64. The minimum atomic E-state index is -6.79. The van der Waals surface area contributed by atoms with E-state index in [0.29, 0.717) is 0 Å². The number of aryl methyl sites for hydroxylation is 1. The third kappa shape index (κ3) is 10.5. The zero-order valence-electron chi connectivity index (χ0n) is 27.7. The first kappa shape index (κ1) is 43.9. The Morgan fingerprint density at radius 3 is 2.11 bits per heavy atom. The second kappa shape index (κ2) is 15.5. The van der Waals surface area contributed by atoms with Gasteiger partial charge in [0.2, 0.25) is 5.78 Å². The first-order valence-corrected chi connectivity index (χ1v) is 22.9. The van der Waals surface area contributed by atoms with Gasteiger partial charge in [-0.25, -0.2) is 27.0 Å². The molecule has 0 radical (unpaired) electrons. The van der Waals surface area contributed by atoms with Gasteiger partial charge < -0.3 is 38.3 Å². The maximum Gasteiger partial charge on any atom is 0.330 e. The molecule has 302 valence electrons. The number of carbonyl (C=O) groups is 1. The minimum Gasteiger partial charge on any atom is -0.756 e. The molecule has 5 unspecified atom stereocenters. The van der Waals surface area contributed by atoms with Crippen LogP contribution in [0.4, 0.5) is 5.69 Å². The molecule has 0 spiro atoms. The summed E-state index contributed by atoms with van der Waals surface area (Å²) in [6, 6.07) is 3.28. The van der Waals surface area contributed by atoms with Crippen molar-refractivity contribution in [3.63, 3.8) is 0 Å². The molecule has 0 bridgehead atoms. The molecule has 1 fully saturated rings. The molecular weight excluding hydrogens is 888 g/mol. The molecule has 2 aliphatic heterocycles. The Morgan fingerprint density at radius 2 is 1.49 bits per heavy atom. The largest absolute Gasteiger partial charge is 0.756 e. The Labute approximate surface area is 318 Å². The number of aliphatic imine (C=N–C) groups is 1. The van der Waals surface area contributed by atoms with Crippen LogP contribution in [-0.4, -0.2) is 33.8 Å². The van der Waals surface area contributed by atoms with E-state index in [-0.39, 0.29) is 51.0 Å². The molecule has 3 aliphatic rings. The molecular formula is C25H23Cl2N3O20P5-5. The van der Waals surface area contributed by atoms with Crippen molar-refractivity contribution in [2.24, 2.45) is 4.99 Å². The van der Waals surface area contributed by atoms with Gasteiger partial charge in [0, 0.05) is 22.7 Å². The van der Waals surface area contributed by atoms with Crippen LogP contribution < -0.4 is 40.2 Å².